The van der Waals surface area contributed by atoms with Crippen molar-refractivity contribution in [2.24, 2.45) is 5.92 Å². The van der Waals surface area contributed by atoms with E-state index in [1.807, 2.05) is 24.3 Å². The summed E-state index contributed by atoms with van der Waals surface area (Å²) in [6, 6.07) is 7.71. The average Bonchev–Trinajstić information content (AvgIpc) is 2.30. The number of carbonyl (C=O) groups is 1. The fourth-order valence-electron chi connectivity index (χ4n) is 1.66. The minimum absolute atomic E-state index is 0.0984. The molecule has 0 aromatic heterocycles. The molecule has 3 heteroatoms. The number of nitrogens with one attached hydrogen (secondary N) is 1. The first-order chi connectivity index (χ1) is 8.13. The zero-order chi connectivity index (χ0) is 12.7. The first-order valence-corrected chi connectivity index (χ1v) is 6.12. The second-order valence-corrected chi connectivity index (χ2v) is 4.48. The van der Waals surface area contributed by atoms with Crippen molar-refractivity contribution in [3.8, 4) is 0 Å². The predicted molar refractivity (Wildman–Crippen MR) is 68.9 cm³/mol. The van der Waals surface area contributed by atoms with Gasteiger partial charge in [0, 0.05) is 6.54 Å². The van der Waals surface area contributed by atoms with E-state index in [1.165, 1.54) is 0 Å². The maximum atomic E-state index is 10.7. The molecule has 1 aromatic carbocycles. The topological polar surface area (TPSA) is 49.3 Å². The highest BCUT2D eigenvalue weighted by Crippen LogP contribution is 2.09. The Hall–Kier alpha value is -1.35. The van der Waals surface area contributed by atoms with Crippen molar-refractivity contribution < 1.29 is 9.90 Å². The summed E-state index contributed by atoms with van der Waals surface area (Å²) in [5.74, 6) is -0.124. The first-order valence-electron chi connectivity index (χ1n) is 6.12. The molecule has 0 saturated carbocycles. The van der Waals surface area contributed by atoms with E-state index in [9.17, 15) is 4.79 Å². The summed E-state index contributed by atoms with van der Waals surface area (Å²) in [6.45, 7) is 6.09. The van der Waals surface area contributed by atoms with Gasteiger partial charge in [0.05, 0.1) is 6.42 Å². The molecule has 17 heavy (non-hydrogen) atoms. The predicted octanol–water partition coefficient (Wildman–Crippen LogP) is 2.45. The summed E-state index contributed by atoms with van der Waals surface area (Å²) < 4.78 is 0. The third kappa shape index (κ3) is 5.00. The van der Waals surface area contributed by atoms with Gasteiger partial charge < -0.3 is 10.4 Å². The van der Waals surface area contributed by atoms with Gasteiger partial charge in [0.25, 0.3) is 0 Å². The van der Waals surface area contributed by atoms with Gasteiger partial charge in [-0.2, -0.15) is 0 Å². The van der Waals surface area contributed by atoms with Crippen molar-refractivity contribution in [3.05, 3.63) is 35.4 Å². The van der Waals surface area contributed by atoms with Crippen LogP contribution in [0.3, 0.4) is 0 Å². The van der Waals surface area contributed by atoms with E-state index in [1.54, 1.807) is 0 Å². The van der Waals surface area contributed by atoms with Gasteiger partial charge >= 0.3 is 5.97 Å². The van der Waals surface area contributed by atoms with Crippen molar-refractivity contribution >= 4 is 5.97 Å². The smallest absolute Gasteiger partial charge is 0.307 e. The van der Waals surface area contributed by atoms with Crippen LogP contribution in [0.25, 0.3) is 0 Å². The zero-order valence-corrected chi connectivity index (χ0v) is 10.6. The molecule has 3 nitrogen and oxygen atoms in total. The van der Waals surface area contributed by atoms with Crippen molar-refractivity contribution in [2.45, 2.75) is 33.2 Å². The Bertz CT molecular complexity index is 363. The van der Waals surface area contributed by atoms with Crippen LogP contribution in [0, 0.1) is 5.92 Å². The summed E-state index contributed by atoms with van der Waals surface area (Å²) in [4.78, 5) is 10.7. The Morgan fingerprint density at radius 2 is 2.00 bits per heavy atom. The van der Waals surface area contributed by atoms with Crippen LogP contribution in [0.5, 0.6) is 0 Å². The molecule has 0 fully saturated rings. The lowest BCUT2D eigenvalue weighted by Gasteiger charge is -2.12. The Morgan fingerprint density at radius 3 is 2.59 bits per heavy atom. The second-order valence-electron chi connectivity index (χ2n) is 4.48. The molecule has 2 N–H and O–H groups in total. The molecular formula is C14H21NO2. The number of hydrogen-bond donors (Lipinski definition) is 2. The van der Waals surface area contributed by atoms with Gasteiger partial charge in [-0.3, -0.25) is 4.79 Å². The monoisotopic (exact) mass is 235 g/mol. The highest BCUT2D eigenvalue weighted by atomic mass is 16.4. The third-order valence-electron chi connectivity index (χ3n) is 2.97. The summed E-state index contributed by atoms with van der Waals surface area (Å²) >= 11 is 0. The summed E-state index contributed by atoms with van der Waals surface area (Å²) in [7, 11) is 0. The lowest BCUT2D eigenvalue weighted by atomic mass is 10.0. The molecule has 0 aliphatic carbocycles. The molecule has 94 valence electrons. The van der Waals surface area contributed by atoms with E-state index in [0.29, 0.717) is 5.92 Å². The quantitative estimate of drug-likeness (QED) is 0.763. The summed E-state index contributed by atoms with van der Waals surface area (Å²) in [6.07, 6.45) is 1.25. The van der Waals surface area contributed by atoms with Gasteiger partial charge in [0.15, 0.2) is 0 Å². The number of carboxylic acids is 1. The highest BCUT2D eigenvalue weighted by Gasteiger charge is 2.06. The maximum absolute atomic E-state index is 10.7. The highest BCUT2D eigenvalue weighted by molar-refractivity contribution is 5.70. The van der Waals surface area contributed by atoms with Gasteiger partial charge in [-0.25, -0.2) is 0 Å². The molecule has 0 amide bonds. The van der Waals surface area contributed by atoms with Crippen LogP contribution in [-0.4, -0.2) is 17.6 Å². The lowest BCUT2D eigenvalue weighted by molar-refractivity contribution is -0.136. The van der Waals surface area contributed by atoms with Crippen molar-refractivity contribution in [1.29, 1.82) is 0 Å². The molecule has 0 bridgehead atoms. The van der Waals surface area contributed by atoms with Crippen LogP contribution in [0.1, 0.15) is 31.4 Å². The van der Waals surface area contributed by atoms with Gasteiger partial charge in [-0.15, -0.1) is 0 Å². The summed E-state index contributed by atoms with van der Waals surface area (Å²) in [5, 5.41) is 12.2. The molecule has 0 heterocycles. The van der Waals surface area contributed by atoms with E-state index < -0.39 is 5.97 Å². The van der Waals surface area contributed by atoms with E-state index in [-0.39, 0.29) is 6.42 Å². The molecule has 0 spiro atoms. The molecular weight excluding hydrogens is 214 g/mol. The van der Waals surface area contributed by atoms with Gasteiger partial charge in [0.2, 0.25) is 0 Å². The first kappa shape index (κ1) is 13.7. The minimum Gasteiger partial charge on any atom is -0.481 e. The normalized spacial score (nSPS) is 12.4. The van der Waals surface area contributed by atoms with Crippen molar-refractivity contribution in [2.75, 3.05) is 6.54 Å². The Morgan fingerprint density at radius 1 is 1.35 bits per heavy atom. The third-order valence-corrected chi connectivity index (χ3v) is 2.97. The number of aliphatic carboxylic acids is 1. The fraction of sp³-hybridized carbons (Fsp3) is 0.500. The SMILES string of the molecule is CCC(C)CNCc1ccccc1CC(=O)O. The van der Waals surface area contributed by atoms with E-state index in [0.717, 1.165) is 30.6 Å². The van der Waals surface area contributed by atoms with E-state index in [2.05, 4.69) is 19.2 Å². The zero-order valence-electron chi connectivity index (χ0n) is 10.6. The minimum atomic E-state index is -0.778. The summed E-state index contributed by atoms with van der Waals surface area (Å²) in [5.41, 5.74) is 1.98. The standard InChI is InChI=1S/C14H21NO2/c1-3-11(2)9-15-10-13-7-5-4-6-12(13)8-14(16)17/h4-7,11,15H,3,8-10H2,1-2H3,(H,16,17). The van der Waals surface area contributed by atoms with Crippen LogP contribution in [-0.2, 0) is 17.8 Å². The van der Waals surface area contributed by atoms with Crippen LogP contribution < -0.4 is 5.32 Å². The average molecular weight is 235 g/mol. The Labute approximate surface area is 103 Å². The molecule has 1 rings (SSSR count). The molecule has 1 atom stereocenters. The molecule has 0 radical (unpaired) electrons. The number of benzene rings is 1. The number of rotatable bonds is 7. The van der Waals surface area contributed by atoms with E-state index in [4.69, 9.17) is 5.11 Å². The maximum Gasteiger partial charge on any atom is 0.307 e. The van der Waals surface area contributed by atoms with Crippen molar-refractivity contribution in [3.63, 3.8) is 0 Å². The van der Waals surface area contributed by atoms with Gasteiger partial charge in [-0.1, -0.05) is 44.5 Å². The van der Waals surface area contributed by atoms with Crippen LogP contribution in [0.2, 0.25) is 0 Å². The van der Waals surface area contributed by atoms with Crippen LogP contribution in [0.15, 0.2) is 24.3 Å². The van der Waals surface area contributed by atoms with Gasteiger partial charge in [0.1, 0.15) is 0 Å². The molecule has 1 unspecified atom stereocenters. The largest absolute Gasteiger partial charge is 0.481 e. The molecule has 0 aliphatic heterocycles. The molecule has 0 aliphatic rings. The van der Waals surface area contributed by atoms with Gasteiger partial charge in [-0.05, 0) is 23.6 Å². The number of carboxylic acid groups (broad SMARTS) is 1. The Balaban J connectivity index is 2.54. The van der Waals surface area contributed by atoms with Crippen LogP contribution >= 0.6 is 0 Å². The van der Waals surface area contributed by atoms with Crippen molar-refractivity contribution in [1.82, 2.24) is 5.32 Å². The number of hydrogen-bond acceptors (Lipinski definition) is 2. The Kier molecular flexibility index (Phi) is 5.70. The fourth-order valence-corrected chi connectivity index (χ4v) is 1.66. The lowest BCUT2D eigenvalue weighted by Crippen LogP contribution is -2.21. The molecule has 1 aromatic rings. The second kappa shape index (κ2) is 7.07. The van der Waals surface area contributed by atoms with E-state index >= 15 is 0 Å². The molecule has 0 saturated heterocycles. The van der Waals surface area contributed by atoms with Crippen LogP contribution in [0.4, 0.5) is 0 Å².